The van der Waals surface area contributed by atoms with E-state index in [9.17, 15) is 5.11 Å². The van der Waals surface area contributed by atoms with E-state index in [4.69, 9.17) is 4.98 Å². The maximum Gasteiger partial charge on any atom is 0.124 e. The van der Waals surface area contributed by atoms with E-state index >= 15 is 0 Å². The van der Waals surface area contributed by atoms with Gasteiger partial charge in [-0.05, 0) is 17.0 Å². The van der Waals surface area contributed by atoms with Crippen LogP contribution in [0.3, 0.4) is 0 Å². The van der Waals surface area contributed by atoms with Crippen molar-refractivity contribution >= 4 is 22.7 Å². The van der Waals surface area contributed by atoms with Gasteiger partial charge in [-0.15, -0.1) is 11.3 Å². The van der Waals surface area contributed by atoms with Crippen LogP contribution in [0.15, 0.2) is 52.5 Å². The Kier molecular flexibility index (Phi) is 5.77. The van der Waals surface area contributed by atoms with Gasteiger partial charge in [-0.25, -0.2) is 4.98 Å². The van der Waals surface area contributed by atoms with Crippen LogP contribution >= 0.6 is 22.7 Å². The zero-order valence-electron chi connectivity index (χ0n) is 14.6. The average Bonchev–Trinajstić information content (AvgIpc) is 3.36. The maximum absolute atomic E-state index is 10.4. The van der Waals surface area contributed by atoms with Crippen LogP contribution in [0, 0.1) is 0 Å². The molecule has 0 saturated carbocycles. The molecule has 1 aliphatic heterocycles. The van der Waals surface area contributed by atoms with E-state index in [1.807, 2.05) is 30.3 Å². The Hall–Kier alpha value is -1.57. The van der Waals surface area contributed by atoms with Crippen molar-refractivity contribution in [2.45, 2.75) is 12.6 Å². The van der Waals surface area contributed by atoms with Crippen molar-refractivity contribution in [3.8, 4) is 10.6 Å². The van der Waals surface area contributed by atoms with E-state index < -0.39 is 6.10 Å². The first-order chi connectivity index (χ1) is 12.8. The maximum atomic E-state index is 10.4. The predicted octanol–water partition coefficient (Wildman–Crippen LogP) is 3.72. The second-order valence-electron chi connectivity index (χ2n) is 6.66. The molecule has 2 aromatic heterocycles. The van der Waals surface area contributed by atoms with Crippen LogP contribution in [-0.4, -0.2) is 52.6 Å². The molecule has 3 heterocycles. The minimum Gasteiger partial charge on any atom is -0.387 e. The van der Waals surface area contributed by atoms with Gasteiger partial charge in [0.1, 0.15) is 5.01 Å². The number of β-amino-alcohol motifs (C(OH)–C–C–N with tert-alkyl or cyclic N) is 1. The number of thiazole rings is 1. The molecule has 1 N–H and O–H groups in total. The molecule has 0 radical (unpaired) electrons. The van der Waals surface area contributed by atoms with Crippen LogP contribution in [0.2, 0.25) is 0 Å². The highest BCUT2D eigenvalue weighted by molar-refractivity contribution is 7.14. The lowest BCUT2D eigenvalue weighted by Crippen LogP contribution is -2.47. The Morgan fingerprint density at radius 1 is 1.00 bits per heavy atom. The Morgan fingerprint density at radius 3 is 2.50 bits per heavy atom. The summed E-state index contributed by atoms with van der Waals surface area (Å²) in [7, 11) is 0. The molecule has 1 atom stereocenters. The molecule has 4 rings (SSSR count). The zero-order chi connectivity index (χ0) is 17.8. The van der Waals surface area contributed by atoms with Gasteiger partial charge in [0.15, 0.2) is 0 Å². The van der Waals surface area contributed by atoms with Gasteiger partial charge in [0.2, 0.25) is 0 Å². The topological polar surface area (TPSA) is 39.6 Å². The Labute approximate surface area is 162 Å². The summed E-state index contributed by atoms with van der Waals surface area (Å²) < 4.78 is 0. The second kappa shape index (κ2) is 8.41. The van der Waals surface area contributed by atoms with Crippen LogP contribution in [0.1, 0.15) is 17.4 Å². The third-order valence-corrected chi connectivity index (χ3v) is 6.41. The Bertz CT molecular complexity index is 796. The van der Waals surface area contributed by atoms with E-state index in [1.54, 1.807) is 22.7 Å². The number of hydrogen-bond acceptors (Lipinski definition) is 6. The molecule has 0 amide bonds. The number of aliphatic hydroxyl groups excluding tert-OH is 1. The molecule has 4 nitrogen and oxygen atoms in total. The van der Waals surface area contributed by atoms with Gasteiger partial charge in [-0.1, -0.05) is 30.3 Å². The number of hydrogen-bond donors (Lipinski definition) is 1. The van der Waals surface area contributed by atoms with Crippen molar-refractivity contribution in [2.24, 2.45) is 0 Å². The third-order valence-electron chi connectivity index (χ3n) is 4.79. The summed E-state index contributed by atoms with van der Waals surface area (Å²) in [4.78, 5) is 9.59. The molecule has 136 valence electrons. The second-order valence-corrected chi connectivity index (χ2v) is 8.30. The number of aliphatic hydroxyl groups is 1. The molecule has 26 heavy (non-hydrogen) atoms. The predicted molar refractivity (Wildman–Crippen MR) is 109 cm³/mol. The van der Waals surface area contributed by atoms with E-state index in [0.29, 0.717) is 6.54 Å². The molecule has 1 saturated heterocycles. The molecule has 3 aromatic rings. The lowest BCUT2D eigenvalue weighted by atomic mass is 10.1. The van der Waals surface area contributed by atoms with Gasteiger partial charge in [0.05, 0.1) is 11.8 Å². The molecule has 0 bridgehead atoms. The van der Waals surface area contributed by atoms with Crippen molar-refractivity contribution in [1.82, 2.24) is 14.8 Å². The summed E-state index contributed by atoms with van der Waals surface area (Å²) in [5.41, 5.74) is 3.39. The van der Waals surface area contributed by atoms with Gasteiger partial charge < -0.3 is 5.11 Å². The molecular formula is C20H23N3OS2. The van der Waals surface area contributed by atoms with Gasteiger partial charge in [0, 0.05) is 55.6 Å². The van der Waals surface area contributed by atoms with Crippen molar-refractivity contribution < 1.29 is 5.11 Å². The summed E-state index contributed by atoms with van der Waals surface area (Å²) in [6.07, 6.45) is -0.408. The normalized spacial score (nSPS) is 17.4. The summed E-state index contributed by atoms with van der Waals surface area (Å²) in [5, 5.41) is 17.9. The van der Waals surface area contributed by atoms with E-state index in [0.717, 1.165) is 49.0 Å². The standard InChI is InChI=1S/C20H23N3OS2/c24-19(16-4-2-1-3-5-16)13-23-9-7-22(8-10-23)12-18-15-26-20(21-18)17-6-11-25-14-17/h1-6,11,14-15,19,24H,7-10,12-13H2. The monoisotopic (exact) mass is 385 g/mol. The molecule has 1 unspecified atom stereocenters. The Balaban J connectivity index is 1.26. The number of benzene rings is 1. The number of thiophene rings is 1. The summed E-state index contributed by atoms with van der Waals surface area (Å²) >= 11 is 3.44. The molecular weight excluding hydrogens is 362 g/mol. The summed E-state index contributed by atoms with van der Waals surface area (Å²) in [6, 6.07) is 12.1. The molecule has 0 aliphatic carbocycles. The third kappa shape index (κ3) is 4.39. The van der Waals surface area contributed by atoms with Crippen LogP contribution < -0.4 is 0 Å². The highest BCUT2D eigenvalue weighted by atomic mass is 32.1. The van der Waals surface area contributed by atoms with Gasteiger partial charge in [-0.2, -0.15) is 11.3 Å². The lowest BCUT2D eigenvalue weighted by Gasteiger charge is -2.35. The first-order valence-electron chi connectivity index (χ1n) is 8.92. The molecule has 0 spiro atoms. The van der Waals surface area contributed by atoms with Gasteiger partial charge >= 0.3 is 0 Å². The molecule has 1 aliphatic rings. The van der Waals surface area contributed by atoms with Gasteiger partial charge in [0.25, 0.3) is 0 Å². The van der Waals surface area contributed by atoms with E-state index in [1.165, 1.54) is 5.56 Å². The fourth-order valence-electron chi connectivity index (χ4n) is 3.28. The quantitative estimate of drug-likeness (QED) is 0.702. The molecule has 1 aromatic carbocycles. The fourth-order valence-corrected chi connectivity index (χ4v) is 4.81. The van der Waals surface area contributed by atoms with Crippen molar-refractivity contribution in [2.75, 3.05) is 32.7 Å². The van der Waals surface area contributed by atoms with Crippen molar-refractivity contribution in [3.05, 3.63) is 63.8 Å². The molecule has 1 fully saturated rings. The number of piperazine rings is 1. The zero-order valence-corrected chi connectivity index (χ0v) is 16.3. The first kappa shape index (κ1) is 17.8. The van der Waals surface area contributed by atoms with Crippen LogP contribution in [0.5, 0.6) is 0 Å². The number of aromatic nitrogens is 1. The lowest BCUT2D eigenvalue weighted by molar-refractivity contribution is 0.0697. The highest BCUT2D eigenvalue weighted by Gasteiger charge is 2.20. The fraction of sp³-hybridized carbons (Fsp3) is 0.350. The van der Waals surface area contributed by atoms with Crippen LogP contribution in [0.4, 0.5) is 0 Å². The number of rotatable bonds is 6. The van der Waals surface area contributed by atoms with Gasteiger partial charge in [-0.3, -0.25) is 9.80 Å². The van der Waals surface area contributed by atoms with E-state index in [2.05, 4.69) is 32.0 Å². The minimum absolute atomic E-state index is 0.408. The molecule has 6 heteroatoms. The first-order valence-corrected chi connectivity index (χ1v) is 10.7. The average molecular weight is 386 g/mol. The summed E-state index contributed by atoms with van der Waals surface area (Å²) in [6.45, 7) is 5.64. The SMILES string of the molecule is OC(CN1CCN(Cc2csc(-c3ccsc3)n2)CC1)c1ccccc1. The van der Waals surface area contributed by atoms with E-state index in [-0.39, 0.29) is 0 Å². The van der Waals surface area contributed by atoms with Crippen LogP contribution in [0.25, 0.3) is 10.6 Å². The van der Waals surface area contributed by atoms with Crippen molar-refractivity contribution in [1.29, 1.82) is 0 Å². The summed E-state index contributed by atoms with van der Waals surface area (Å²) in [5.74, 6) is 0. The Morgan fingerprint density at radius 2 is 1.77 bits per heavy atom. The minimum atomic E-state index is -0.408. The highest BCUT2D eigenvalue weighted by Crippen LogP contribution is 2.26. The van der Waals surface area contributed by atoms with Crippen LogP contribution in [-0.2, 0) is 6.54 Å². The smallest absolute Gasteiger partial charge is 0.124 e. The number of nitrogens with zero attached hydrogens (tertiary/aromatic N) is 3. The largest absolute Gasteiger partial charge is 0.387 e. The van der Waals surface area contributed by atoms with Crippen molar-refractivity contribution in [3.63, 3.8) is 0 Å².